The molecule has 3 fully saturated rings. The number of nitrogens with zero attached hydrogens (tertiary/aromatic N) is 2. The minimum atomic E-state index is -1.15. The number of alkyl halides is 1. The summed E-state index contributed by atoms with van der Waals surface area (Å²) in [6.07, 6.45) is 0.452. The number of carbonyl (C=O) groups is 3. The molecule has 3 aliphatic heterocycles. The first-order valence-corrected chi connectivity index (χ1v) is 14.2. The fourth-order valence-corrected chi connectivity index (χ4v) is 7.54. The first kappa shape index (κ1) is 27.9. The van der Waals surface area contributed by atoms with Gasteiger partial charge in [0.05, 0.1) is 30.6 Å². The molecule has 9 nitrogen and oxygen atoms in total. The lowest BCUT2D eigenvalue weighted by Gasteiger charge is -2.37. The standard InChI is InChI=1S/C27H39BrN4O5/c1-6-31(7-2)17-10-8-16(9-11-17)30-25(35)23-27-13-19(28)22(37-27)20(24(34)29-5)21(27)26(36)32(23)18(14-33)12-15(3)4/h8-11,15,18-23,33H,6-7,12-14H2,1-5H3,(H,29,34)(H,30,35)/t18-,19?,20+,21+,22+,23?,27?/m1/s1. The second-order valence-corrected chi connectivity index (χ2v) is 11.9. The number of carbonyl (C=O) groups excluding carboxylic acids is 3. The van der Waals surface area contributed by atoms with Gasteiger partial charge in [-0.25, -0.2) is 0 Å². The van der Waals surface area contributed by atoms with Crippen LogP contribution in [0.4, 0.5) is 11.4 Å². The predicted molar refractivity (Wildman–Crippen MR) is 146 cm³/mol. The van der Waals surface area contributed by atoms with Gasteiger partial charge in [-0.1, -0.05) is 29.8 Å². The normalized spacial score (nSPS) is 31.0. The first-order chi connectivity index (χ1) is 17.6. The molecule has 0 aromatic heterocycles. The lowest BCUT2D eigenvalue weighted by molar-refractivity contribution is -0.144. The summed E-state index contributed by atoms with van der Waals surface area (Å²) >= 11 is 3.66. The number of halogens is 1. The molecule has 2 bridgehead atoms. The Labute approximate surface area is 227 Å². The Morgan fingerprint density at radius 3 is 2.41 bits per heavy atom. The van der Waals surface area contributed by atoms with Gasteiger partial charge in [0, 0.05) is 36.3 Å². The number of rotatable bonds is 10. The van der Waals surface area contributed by atoms with E-state index in [2.05, 4.69) is 45.3 Å². The maximum atomic E-state index is 14.0. The summed E-state index contributed by atoms with van der Waals surface area (Å²) in [7, 11) is 1.54. The zero-order valence-corrected chi connectivity index (χ0v) is 23.8. The minimum Gasteiger partial charge on any atom is -0.394 e. The summed E-state index contributed by atoms with van der Waals surface area (Å²) in [6, 6.07) is 6.10. The average Bonchev–Trinajstić information content (AvgIpc) is 3.47. The van der Waals surface area contributed by atoms with Crippen LogP contribution in [0.15, 0.2) is 24.3 Å². The van der Waals surface area contributed by atoms with Crippen LogP contribution in [0.3, 0.4) is 0 Å². The summed E-state index contributed by atoms with van der Waals surface area (Å²) in [6.45, 7) is 9.69. The van der Waals surface area contributed by atoms with Crippen molar-refractivity contribution in [3.05, 3.63) is 24.3 Å². The number of aliphatic hydroxyl groups is 1. The van der Waals surface area contributed by atoms with Crippen molar-refractivity contribution < 1.29 is 24.2 Å². The van der Waals surface area contributed by atoms with E-state index in [9.17, 15) is 19.5 Å². The Balaban J connectivity index is 1.71. The Kier molecular flexibility index (Phi) is 8.21. The fourth-order valence-electron chi connectivity index (χ4n) is 6.60. The van der Waals surface area contributed by atoms with E-state index < -0.39 is 35.6 Å². The highest BCUT2D eigenvalue weighted by atomic mass is 79.9. The van der Waals surface area contributed by atoms with Crippen molar-refractivity contribution >= 4 is 45.0 Å². The molecule has 3 aliphatic rings. The van der Waals surface area contributed by atoms with E-state index >= 15 is 0 Å². The number of hydrogen-bond donors (Lipinski definition) is 3. The van der Waals surface area contributed by atoms with Crippen molar-refractivity contribution in [1.29, 1.82) is 0 Å². The van der Waals surface area contributed by atoms with Crippen molar-refractivity contribution in [2.24, 2.45) is 17.8 Å². The zero-order valence-electron chi connectivity index (χ0n) is 22.2. The number of nitrogens with one attached hydrogen (secondary N) is 2. The SMILES string of the molecule is CCN(CC)c1ccc(NC(=O)C2N([C@@H](CO)CC(C)C)C(=O)[C@@H]3[C@H](C(=O)NC)[C@H]4OC23CC4Br)cc1. The van der Waals surface area contributed by atoms with Crippen LogP contribution in [0, 0.1) is 17.8 Å². The molecule has 37 heavy (non-hydrogen) atoms. The summed E-state index contributed by atoms with van der Waals surface area (Å²) in [4.78, 5) is 44.5. The fraction of sp³-hybridized carbons (Fsp3) is 0.667. The number of anilines is 2. The van der Waals surface area contributed by atoms with E-state index in [-0.39, 0.29) is 35.1 Å². The summed E-state index contributed by atoms with van der Waals surface area (Å²) in [5, 5.41) is 16.0. The number of benzene rings is 1. The summed E-state index contributed by atoms with van der Waals surface area (Å²) in [5.41, 5.74) is 0.524. The number of aliphatic hydroxyl groups excluding tert-OH is 1. The molecule has 10 heteroatoms. The summed E-state index contributed by atoms with van der Waals surface area (Å²) < 4.78 is 6.46. The van der Waals surface area contributed by atoms with Crippen LogP contribution in [0.25, 0.3) is 0 Å². The third-order valence-electron chi connectivity index (χ3n) is 8.14. The lowest BCUT2D eigenvalue weighted by atomic mass is 9.70. The van der Waals surface area contributed by atoms with Gasteiger partial charge in [-0.05, 0) is 56.9 Å². The molecular weight excluding hydrogens is 540 g/mol. The number of hydrogen-bond acceptors (Lipinski definition) is 6. The highest BCUT2D eigenvalue weighted by Crippen LogP contribution is 2.60. The Morgan fingerprint density at radius 1 is 1.22 bits per heavy atom. The van der Waals surface area contributed by atoms with Crippen LogP contribution < -0.4 is 15.5 Å². The van der Waals surface area contributed by atoms with Crippen molar-refractivity contribution in [3.8, 4) is 0 Å². The molecule has 1 spiro atoms. The summed E-state index contributed by atoms with van der Waals surface area (Å²) in [5.74, 6) is -2.24. The topological polar surface area (TPSA) is 111 Å². The van der Waals surface area contributed by atoms with Crippen LogP contribution in [-0.4, -0.2) is 83.1 Å². The van der Waals surface area contributed by atoms with E-state index in [1.807, 2.05) is 38.1 Å². The molecule has 0 aliphatic carbocycles. The third-order valence-corrected chi connectivity index (χ3v) is 8.98. The molecule has 0 radical (unpaired) electrons. The first-order valence-electron chi connectivity index (χ1n) is 13.3. The number of fused-ring (bicyclic) bond motifs is 1. The van der Waals surface area contributed by atoms with Crippen molar-refractivity contribution in [2.75, 3.05) is 37.0 Å². The van der Waals surface area contributed by atoms with Gasteiger partial charge < -0.3 is 30.3 Å². The van der Waals surface area contributed by atoms with Crippen LogP contribution in [0.2, 0.25) is 0 Å². The van der Waals surface area contributed by atoms with Gasteiger partial charge in [-0.3, -0.25) is 14.4 Å². The van der Waals surface area contributed by atoms with Crippen molar-refractivity contribution in [3.63, 3.8) is 0 Å². The van der Waals surface area contributed by atoms with Crippen molar-refractivity contribution in [1.82, 2.24) is 10.2 Å². The molecule has 1 aromatic carbocycles. The monoisotopic (exact) mass is 578 g/mol. The Bertz CT molecular complexity index is 1020. The molecule has 3 heterocycles. The van der Waals surface area contributed by atoms with Gasteiger partial charge in [-0.15, -0.1) is 0 Å². The molecule has 4 rings (SSSR count). The number of amides is 3. The van der Waals surface area contributed by atoms with E-state index in [4.69, 9.17) is 4.74 Å². The van der Waals surface area contributed by atoms with Crippen LogP contribution in [0.1, 0.15) is 40.5 Å². The highest BCUT2D eigenvalue weighted by molar-refractivity contribution is 9.09. The molecule has 3 N–H and O–H groups in total. The maximum absolute atomic E-state index is 14.0. The van der Waals surface area contributed by atoms with Gasteiger partial charge in [-0.2, -0.15) is 0 Å². The molecular formula is C27H39BrN4O5. The molecule has 3 saturated heterocycles. The van der Waals surface area contributed by atoms with E-state index in [1.165, 1.54) is 4.90 Å². The Hall–Kier alpha value is -2.17. The van der Waals surface area contributed by atoms with Gasteiger partial charge >= 0.3 is 0 Å². The van der Waals surface area contributed by atoms with Crippen LogP contribution >= 0.6 is 15.9 Å². The smallest absolute Gasteiger partial charge is 0.250 e. The molecule has 1 aromatic rings. The molecule has 0 saturated carbocycles. The van der Waals surface area contributed by atoms with Gasteiger partial charge in [0.15, 0.2) is 0 Å². The van der Waals surface area contributed by atoms with Gasteiger partial charge in [0.2, 0.25) is 17.7 Å². The zero-order chi connectivity index (χ0) is 27.1. The largest absolute Gasteiger partial charge is 0.394 e. The van der Waals surface area contributed by atoms with Crippen LogP contribution in [0.5, 0.6) is 0 Å². The van der Waals surface area contributed by atoms with Gasteiger partial charge in [0.1, 0.15) is 11.6 Å². The average molecular weight is 580 g/mol. The quantitative estimate of drug-likeness (QED) is 0.367. The van der Waals surface area contributed by atoms with Crippen molar-refractivity contribution in [2.45, 2.75) is 69.2 Å². The van der Waals surface area contributed by atoms with E-state index in [0.717, 1.165) is 18.8 Å². The minimum absolute atomic E-state index is 0.167. The number of likely N-dealkylation sites (tertiary alicyclic amines) is 1. The molecule has 3 unspecified atom stereocenters. The third kappa shape index (κ3) is 4.65. The van der Waals surface area contributed by atoms with Crippen LogP contribution in [-0.2, 0) is 19.1 Å². The Morgan fingerprint density at radius 2 is 1.86 bits per heavy atom. The predicted octanol–water partition coefficient (Wildman–Crippen LogP) is 2.37. The molecule has 7 atom stereocenters. The number of ether oxygens (including phenoxy) is 1. The second kappa shape index (κ2) is 10.9. The molecule has 3 amide bonds. The lowest BCUT2D eigenvalue weighted by Crippen LogP contribution is -2.56. The van der Waals surface area contributed by atoms with E-state index in [1.54, 1.807) is 7.05 Å². The highest BCUT2D eigenvalue weighted by Gasteiger charge is 2.77. The maximum Gasteiger partial charge on any atom is 0.250 e. The van der Waals surface area contributed by atoms with Gasteiger partial charge in [0.25, 0.3) is 0 Å². The second-order valence-electron chi connectivity index (χ2n) is 10.7. The molecule has 204 valence electrons. The van der Waals surface area contributed by atoms with E-state index in [0.29, 0.717) is 18.5 Å².